The molecule has 6 rings (SSSR count). The molecule has 1 aliphatic heterocycles. The molecule has 0 spiro atoms. The molecule has 0 bridgehead atoms. The highest BCUT2D eigenvalue weighted by Crippen LogP contribution is 2.38. The van der Waals surface area contributed by atoms with Crippen LogP contribution in [0.2, 0.25) is 0 Å². The molecule has 168 valence electrons. The van der Waals surface area contributed by atoms with E-state index in [9.17, 15) is 0 Å². The SMILES string of the molecule is COc1cc(OC2CN(c3ccc(C#N)cn3)C2)c2cc(-c3cn4cc(C)ccc4n3)oc2c1. The Morgan fingerprint density at radius 3 is 2.76 bits per heavy atom. The second-order valence-corrected chi connectivity index (χ2v) is 8.41. The highest BCUT2D eigenvalue weighted by molar-refractivity contribution is 5.89. The van der Waals surface area contributed by atoms with Gasteiger partial charge in [0.05, 0.1) is 31.1 Å². The summed E-state index contributed by atoms with van der Waals surface area (Å²) in [6, 6.07) is 15.5. The molecule has 0 radical (unpaired) electrons. The summed E-state index contributed by atoms with van der Waals surface area (Å²) in [6.45, 7) is 3.46. The number of aryl methyl sites for hydroxylation is 1. The first kappa shape index (κ1) is 20.1. The zero-order valence-corrected chi connectivity index (χ0v) is 18.7. The summed E-state index contributed by atoms with van der Waals surface area (Å²) in [5.41, 5.74) is 4.01. The lowest BCUT2D eigenvalue weighted by Crippen LogP contribution is -2.54. The second kappa shape index (κ2) is 7.81. The maximum absolute atomic E-state index is 8.95. The first-order valence-electron chi connectivity index (χ1n) is 10.9. The lowest BCUT2D eigenvalue weighted by atomic mass is 10.1. The predicted molar refractivity (Wildman–Crippen MR) is 127 cm³/mol. The van der Waals surface area contributed by atoms with Gasteiger partial charge in [-0.3, -0.25) is 0 Å². The quantitative estimate of drug-likeness (QED) is 0.386. The van der Waals surface area contributed by atoms with Crippen LogP contribution in [-0.2, 0) is 0 Å². The number of aromatic nitrogens is 3. The molecule has 8 nitrogen and oxygen atoms in total. The van der Waals surface area contributed by atoms with Crippen molar-refractivity contribution in [1.82, 2.24) is 14.4 Å². The molecule has 5 aromatic rings. The number of rotatable bonds is 5. The first-order valence-corrected chi connectivity index (χ1v) is 10.9. The molecule has 8 heteroatoms. The van der Waals surface area contributed by atoms with Gasteiger partial charge in [0.2, 0.25) is 0 Å². The maximum Gasteiger partial charge on any atom is 0.155 e. The van der Waals surface area contributed by atoms with Crippen LogP contribution in [0.1, 0.15) is 11.1 Å². The van der Waals surface area contributed by atoms with E-state index in [-0.39, 0.29) is 6.10 Å². The van der Waals surface area contributed by atoms with Crippen molar-refractivity contribution in [2.75, 3.05) is 25.1 Å². The smallest absolute Gasteiger partial charge is 0.155 e. The highest BCUT2D eigenvalue weighted by Gasteiger charge is 2.30. The maximum atomic E-state index is 8.95. The van der Waals surface area contributed by atoms with Gasteiger partial charge >= 0.3 is 0 Å². The van der Waals surface area contributed by atoms with Crippen molar-refractivity contribution < 1.29 is 13.9 Å². The molecule has 5 heterocycles. The van der Waals surface area contributed by atoms with Crippen molar-refractivity contribution in [3.05, 3.63) is 72.2 Å². The van der Waals surface area contributed by atoms with Gasteiger partial charge in [0.15, 0.2) is 5.76 Å². The van der Waals surface area contributed by atoms with E-state index >= 15 is 0 Å². The monoisotopic (exact) mass is 451 g/mol. The van der Waals surface area contributed by atoms with Crippen molar-refractivity contribution in [1.29, 1.82) is 5.26 Å². The van der Waals surface area contributed by atoms with Crippen LogP contribution in [-0.4, -0.2) is 40.7 Å². The lowest BCUT2D eigenvalue weighted by molar-refractivity contribution is 0.168. The van der Waals surface area contributed by atoms with Crippen LogP contribution in [0.5, 0.6) is 11.5 Å². The molecular weight excluding hydrogens is 430 g/mol. The highest BCUT2D eigenvalue weighted by atomic mass is 16.5. The molecule has 0 saturated carbocycles. The number of fused-ring (bicyclic) bond motifs is 2. The van der Waals surface area contributed by atoms with Crippen LogP contribution >= 0.6 is 0 Å². The molecule has 4 aromatic heterocycles. The molecule has 0 aliphatic carbocycles. The molecule has 0 atom stereocenters. The molecule has 0 unspecified atom stereocenters. The summed E-state index contributed by atoms with van der Waals surface area (Å²) in [5.74, 6) is 2.88. The molecule has 1 aromatic carbocycles. The zero-order chi connectivity index (χ0) is 23.2. The van der Waals surface area contributed by atoms with E-state index < -0.39 is 0 Å². The number of hydrogen-bond acceptors (Lipinski definition) is 7. The lowest BCUT2D eigenvalue weighted by Gasteiger charge is -2.39. The van der Waals surface area contributed by atoms with E-state index in [4.69, 9.17) is 24.1 Å². The van der Waals surface area contributed by atoms with Gasteiger partial charge in [-0.25, -0.2) is 9.97 Å². The van der Waals surface area contributed by atoms with E-state index in [2.05, 4.69) is 22.9 Å². The Labute approximate surface area is 195 Å². The van der Waals surface area contributed by atoms with Gasteiger partial charge in [-0.2, -0.15) is 5.26 Å². The first-order chi connectivity index (χ1) is 16.6. The number of imidazole rings is 1. The van der Waals surface area contributed by atoms with Crippen LogP contribution in [0, 0.1) is 18.3 Å². The fraction of sp³-hybridized carbons (Fsp3) is 0.192. The topological polar surface area (TPSA) is 88.8 Å². The Morgan fingerprint density at radius 1 is 1.12 bits per heavy atom. The van der Waals surface area contributed by atoms with E-state index in [0.29, 0.717) is 41.5 Å². The minimum atomic E-state index is 0.00395. The summed E-state index contributed by atoms with van der Waals surface area (Å²) in [7, 11) is 1.63. The van der Waals surface area contributed by atoms with Gasteiger partial charge in [-0.05, 0) is 36.8 Å². The number of ether oxygens (including phenoxy) is 2. The molecule has 1 aliphatic rings. The Hall–Kier alpha value is -4.51. The van der Waals surface area contributed by atoms with Crippen molar-refractivity contribution >= 4 is 22.4 Å². The molecule has 1 saturated heterocycles. The van der Waals surface area contributed by atoms with Crippen molar-refractivity contribution in [3.63, 3.8) is 0 Å². The average molecular weight is 451 g/mol. The summed E-state index contributed by atoms with van der Waals surface area (Å²) < 4.78 is 20.0. The Balaban J connectivity index is 1.27. The predicted octanol–water partition coefficient (Wildman–Crippen LogP) is 4.60. The van der Waals surface area contributed by atoms with E-state index in [1.165, 1.54) is 0 Å². The fourth-order valence-electron chi connectivity index (χ4n) is 4.16. The van der Waals surface area contributed by atoms with Gasteiger partial charge in [-0.1, -0.05) is 6.07 Å². The Kier molecular flexibility index (Phi) is 4.62. The number of furan rings is 1. The van der Waals surface area contributed by atoms with Crippen LogP contribution in [0.4, 0.5) is 5.82 Å². The Morgan fingerprint density at radius 2 is 2.00 bits per heavy atom. The molecule has 0 amide bonds. The van der Waals surface area contributed by atoms with E-state index in [1.807, 2.05) is 53.2 Å². The van der Waals surface area contributed by atoms with Gasteiger partial charge in [-0.15, -0.1) is 0 Å². The number of methoxy groups -OCH3 is 1. The van der Waals surface area contributed by atoms with Crippen molar-refractivity contribution in [3.8, 4) is 29.0 Å². The molecule has 34 heavy (non-hydrogen) atoms. The van der Waals surface area contributed by atoms with Crippen LogP contribution in [0.15, 0.2) is 65.5 Å². The van der Waals surface area contributed by atoms with Crippen LogP contribution in [0.3, 0.4) is 0 Å². The number of nitrogens with zero attached hydrogens (tertiary/aromatic N) is 5. The number of benzene rings is 1. The van der Waals surface area contributed by atoms with Crippen molar-refractivity contribution in [2.24, 2.45) is 0 Å². The normalized spacial score (nSPS) is 13.7. The third kappa shape index (κ3) is 3.48. The minimum absolute atomic E-state index is 0.00395. The number of nitriles is 1. The molecule has 1 fully saturated rings. The van der Waals surface area contributed by atoms with Gasteiger partial charge < -0.3 is 23.2 Å². The third-order valence-corrected chi connectivity index (χ3v) is 6.00. The minimum Gasteiger partial charge on any atom is -0.496 e. The van der Waals surface area contributed by atoms with E-state index in [1.54, 1.807) is 19.4 Å². The average Bonchev–Trinajstić information content (AvgIpc) is 3.44. The summed E-state index contributed by atoms with van der Waals surface area (Å²) >= 11 is 0. The van der Waals surface area contributed by atoms with Gasteiger partial charge in [0.1, 0.15) is 46.4 Å². The van der Waals surface area contributed by atoms with Gasteiger partial charge in [0, 0.05) is 30.7 Å². The third-order valence-electron chi connectivity index (χ3n) is 6.00. The summed E-state index contributed by atoms with van der Waals surface area (Å²) in [4.78, 5) is 11.2. The number of pyridine rings is 2. The Bertz CT molecular complexity index is 1560. The van der Waals surface area contributed by atoms with Crippen LogP contribution in [0.25, 0.3) is 28.1 Å². The number of hydrogen-bond donors (Lipinski definition) is 0. The van der Waals surface area contributed by atoms with Gasteiger partial charge in [0.25, 0.3) is 0 Å². The van der Waals surface area contributed by atoms with Crippen molar-refractivity contribution in [2.45, 2.75) is 13.0 Å². The van der Waals surface area contributed by atoms with E-state index in [0.717, 1.165) is 28.1 Å². The number of anilines is 1. The summed E-state index contributed by atoms with van der Waals surface area (Å²) in [5, 5.41) is 9.82. The largest absolute Gasteiger partial charge is 0.496 e. The second-order valence-electron chi connectivity index (χ2n) is 8.41. The molecule has 0 N–H and O–H groups in total. The fourth-order valence-corrected chi connectivity index (χ4v) is 4.16. The van der Waals surface area contributed by atoms with Crippen LogP contribution < -0.4 is 14.4 Å². The summed E-state index contributed by atoms with van der Waals surface area (Å²) in [6.07, 6.45) is 5.59. The molecular formula is C26H21N5O3. The zero-order valence-electron chi connectivity index (χ0n) is 18.7. The standard InChI is InChI=1S/C26H21N5O3/c1-16-3-5-26-29-21(15-30(26)12-16)24-9-20-22(7-18(32-2)8-23(20)34-24)33-19-13-31(14-19)25-6-4-17(10-27)11-28-25/h3-9,11-12,15,19H,13-14H2,1-2H3.